The van der Waals surface area contributed by atoms with Crippen LogP contribution >= 0.6 is 24.0 Å². The van der Waals surface area contributed by atoms with Gasteiger partial charge in [-0.05, 0) is 18.1 Å². The first-order valence-electron chi connectivity index (χ1n) is 7.25. The first-order chi connectivity index (χ1) is 11.4. The predicted octanol–water partition coefficient (Wildman–Crippen LogP) is 1.87. The lowest BCUT2D eigenvalue weighted by Crippen LogP contribution is -2.46. The average molecular weight is 364 g/mol. The Labute approximate surface area is 148 Å². The van der Waals surface area contributed by atoms with E-state index in [0.717, 1.165) is 17.3 Å². The number of benzene rings is 1. The van der Waals surface area contributed by atoms with Crippen molar-refractivity contribution >= 4 is 52.2 Å². The zero-order valence-corrected chi connectivity index (χ0v) is 14.5. The molecule has 1 fully saturated rings. The van der Waals surface area contributed by atoms with E-state index in [4.69, 9.17) is 17.3 Å². The molecule has 1 saturated heterocycles. The number of carbonyl (C=O) groups excluding carboxylic acids is 2. The van der Waals surface area contributed by atoms with Gasteiger partial charge < -0.3 is 10.4 Å². The Morgan fingerprint density at radius 1 is 1.38 bits per heavy atom. The van der Waals surface area contributed by atoms with Crippen molar-refractivity contribution < 1.29 is 19.5 Å². The smallest absolute Gasteiger partial charge is 0.326 e. The Bertz CT molecular complexity index is 703. The van der Waals surface area contributed by atoms with Crippen molar-refractivity contribution in [1.82, 2.24) is 10.2 Å². The van der Waals surface area contributed by atoms with Gasteiger partial charge in [-0.25, -0.2) is 4.79 Å². The van der Waals surface area contributed by atoms with Crippen LogP contribution in [0.2, 0.25) is 0 Å². The fourth-order valence-corrected chi connectivity index (χ4v) is 3.31. The first kappa shape index (κ1) is 18.2. The summed E-state index contributed by atoms with van der Waals surface area (Å²) in [7, 11) is 0. The zero-order valence-electron chi connectivity index (χ0n) is 12.9. The van der Waals surface area contributed by atoms with Crippen LogP contribution in [0.3, 0.4) is 0 Å². The highest BCUT2D eigenvalue weighted by Crippen LogP contribution is 2.32. The van der Waals surface area contributed by atoms with Crippen molar-refractivity contribution in [2.45, 2.75) is 19.4 Å². The molecule has 24 heavy (non-hydrogen) atoms. The lowest BCUT2D eigenvalue weighted by atomic mass is 10.2. The van der Waals surface area contributed by atoms with Gasteiger partial charge in [0.1, 0.15) is 16.9 Å². The van der Waals surface area contributed by atoms with Gasteiger partial charge >= 0.3 is 5.97 Å². The van der Waals surface area contributed by atoms with E-state index in [-0.39, 0.29) is 23.2 Å². The summed E-state index contributed by atoms with van der Waals surface area (Å²) in [6.45, 7) is 1.36. The molecule has 0 aliphatic carbocycles. The number of thiocarbonyl (C=S) groups is 1. The molecule has 8 heteroatoms. The fraction of sp³-hybridized carbons (Fsp3) is 0.250. The maximum atomic E-state index is 12.4. The molecule has 2 N–H and O–H groups in total. The van der Waals surface area contributed by atoms with Gasteiger partial charge in [0.2, 0.25) is 5.91 Å². The third-order valence-electron chi connectivity index (χ3n) is 3.31. The molecule has 1 atom stereocenters. The van der Waals surface area contributed by atoms with Crippen molar-refractivity contribution in [3.8, 4) is 0 Å². The summed E-state index contributed by atoms with van der Waals surface area (Å²) in [6.07, 6.45) is 1.97. The number of nitrogens with zero attached hydrogens (tertiary/aromatic N) is 1. The summed E-state index contributed by atoms with van der Waals surface area (Å²) in [5, 5.41) is 11.3. The number of carboxylic acids is 1. The minimum atomic E-state index is -1.11. The summed E-state index contributed by atoms with van der Waals surface area (Å²) in [6, 6.07) is 8.33. The molecule has 1 aromatic carbocycles. The summed E-state index contributed by atoms with van der Waals surface area (Å²) in [5.41, 5.74) is 0.861. The molecule has 1 unspecified atom stereocenters. The van der Waals surface area contributed by atoms with Crippen molar-refractivity contribution in [2.24, 2.45) is 0 Å². The van der Waals surface area contributed by atoms with Crippen molar-refractivity contribution in [3.05, 3.63) is 40.8 Å². The normalized spacial score (nSPS) is 17.2. The van der Waals surface area contributed by atoms with E-state index in [9.17, 15) is 14.4 Å². The number of rotatable bonds is 6. The van der Waals surface area contributed by atoms with Gasteiger partial charge in [0, 0.05) is 0 Å². The van der Waals surface area contributed by atoms with E-state index in [1.807, 2.05) is 30.3 Å². The maximum Gasteiger partial charge on any atom is 0.326 e. The topological polar surface area (TPSA) is 86.7 Å². The van der Waals surface area contributed by atoms with Crippen LogP contribution in [0.25, 0.3) is 6.08 Å². The largest absolute Gasteiger partial charge is 0.480 e. The summed E-state index contributed by atoms with van der Waals surface area (Å²) in [4.78, 5) is 36.9. The van der Waals surface area contributed by atoms with Crippen LogP contribution in [-0.4, -0.2) is 44.7 Å². The minimum Gasteiger partial charge on any atom is -0.480 e. The Kier molecular flexibility index (Phi) is 6.10. The fourth-order valence-electron chi connectivity index (χ4n) is 2.06. The Hall–Kier alpha value is -2.19. The number of aliphatic carboxylic acids is 1. The average Bonchev–Trinajstić information content (AvgIpc) is 2.81. The minimum absolute atomic E-state index is 0.257. The van der Waals surface area contributed by atoms with Crippen LogP contribution < -0.4 is 5.32 Å². The number of carbonyl (C=O) groups is 3. The summed E-state index contributed by atoms with van der Waals surface area (Å²) >= 11 is 6.28. The van der Waals surface area contributed by atoms with Crippen LogP contribution in [-0.2, 0) is 14.4 Å². The van der Waals surface area contributed by atoms with E-state index in [1.54, 1.807) is 13.0 Å². The van der Waals surface area contributed by atoms with Crippen LogP contribution in [0.1, 0.15) is 18.9 Å². The van der Waals surface area contributed by atoms with E-state index < -0.39 is 17.9 Å². The van der Waals surface area contributed by atoms with E-state index >= 15 is 0 Å². The van der Waals surface area contributed by atoms with Crippen molar-refractivity contribution in [2.75, 3.05) is 6.54 Å². The quantitative estimate of drug-likeness (QED) is 0.592. The molecule has 1 aliphatic heterocycles. The molecule has 6 nitrogen and oxygen atoms in total. The number of hydrogen-bond donors (Lipinski definition) is 2. The molecule has 0 bridgehead atoms. The molecule has 0 radical (unpaired) electrons. The second kappa shape index (κ2) is 8.07. The molecule has 0 saturated carbocycles. The second-order valence-corrected chi connectivity index (χ2v) is 6.72. The first-order valence-corrected chi connectivity index (χ1v) is 8.47. The molecule has 1 aliphatic rings. The van der Waals surface area contributed by atoms with Crippen molar-refractivity contribution in [3.63, 3.8) is 0 Å². The standard InChI is InChI=1S/C16H16N2O4S2/c1-2-11(15(21)22)17-13(19)9-18-14(20)12(24-16(18)23)8-10-6-4-3-5-7-10/h3-8,11H,2,9H2,1H3,(H,17,19)(H,21,22)/b12-8+. The molecule has 2 rings (SSSR count). The number of hydrogen-bond acceptors (Lipinski definition) is 5. The summed E-state index contributed by atoms with van der Waals surface area (Å²) in [5.74, 6) is -2.02. The molecule has 0 aromatic heterocycles. The molecule has 1 heterocycles. The third kappa shape index (κ3) is 4.42. The number of carboxylic acid groups (broad SMARTS) is 1. The zero-order chi connectivity index (χ0) is 17.7. The predicted molar refractivity (Wildman–Crippen MR) is 96.2 cm³/mol. The van der Waals surface area contributed by atoms with Gasteiger partial charge in [-0.15, -0.1) is 0 Å². The molecule has 0 spiro atoms. The Morgan fingerprint density at radius 2 is 2.04 bits per heavy atom. The van der Waals surface area contributed by atoms with Gasteiger partial charge in [-0.1, -0.05) is 61.2 Å². The van der Waals surface area contributed by atoms with Gasteiger partial charge in [0.05, 0.1) is 4.91 Å². The van der Waals surface area contributed by atoms with E-state index in [1.165, 1.54) is 4.90 Å². The summed E-state index contributed by atoms with van der Waals surface area (Å²) < 4.78 is 0.278. The van der Waals surface area contributed by atoms with Gasteiger partial charge in [0.25, 0.3) is 5.91 Å². The molecule has 2 amide bonds. The highest BCUT2D eigenvalue weighted by molar-refractivity contribution is 8.26. The van der Waals surface area contributed by atoms with Gasteiger partial charge in [0.15, 0.2) is 0 Å². The monoisotopic (exact) mass is 364 g/mol. The molecule has 1 aromatic rings. The van der Waals surface area contributed by atoms with Crippen LogP contribution in [0, 0.1) is 0 Å². The highest BCUT2D eigenvalue weighted by Gasteiger charge is 2.33. The molecular weight excluding hydrogens is 348 g/mol. The van der Waals surface area contributed by atoms with Crippen LogP contribution in [0.15, 0.2) is 35.2 Å². The lowest BCUT2D eigenvalue weighted by molar-refractivity contribution is -0.142. The Balaban J connectivity index is 2.05. The molecule has 126 valence electrons. The third-order valence-corrected chi connectivity index (χ3v) is 4.69. The van der Waals surface area contributed by atoms with Crippen molar-refractivity contribution in [1.29, 1.82) is 0 Å². The Morgan fingerprint density at radius 3 is 2.62 bits per heavy atom. The van der Waals surface area contributed by atoms with Gasteiger partial charge in [-0.3, -0.25) is 14.5 Å². The maximum absolute atomic E-state index is 12.4. The number of nitrogens with one attached hydrogen (secondary N) is 1. The number of thioether (sulfide) groups is 1. The second-order valence-electron chi connectivity index (χ2n) is 5.05. The van der Waals surface area contributed by atoms with Crippen LogP contribution in [0.4, 0.5) is 0 Å². The number of amides is 2. The molecular formula is C16H16N2O4S2. The van der Waals surface area contributed by atoms with Crippen LogP contribution in [0.5, 0.6) is 0 Å². The van der Waals surface area contributed by atoms with E-state index in [0.29, 0.717) is 4.91 Å². The van der Waals surface area contributed by atoms with Gasteiger partial charge in [-0.2, -0.15) is 0 Å². The van der Waals surface area contributed by atoms with E-state index in [2.05, 4.69) is 5.32 Å². The highest BCUT2D eigenvalue weighted by atomic mass is 32.2. The SMILES string of the molecule is CCC(NC(=O)CN1C(=O)/C(=C\c2ccccc2)SC1=S)C(=O)O. The lowest BCUT2D eigenvalue weighted by Gasteiger charge is -2.17.